The van der Waals surface area contributed by atoms with Gasteiger partial charge in [0.25, 0.3) is 0 Å². The number of aliphatic hydroxyl groups is 1. The van der Waals surface area contributed by atoms with Crippen LogP contribution in [0.2, 0.25) is 0 Å². The number of methoxy groups -OCH3 is 1. The molecule has 0 atom stereocenters. The summed E-state index contributed by atoms with van der Waals surface area (Å²) in [6.07, 6.45) is -7.23. The van der Waals surface area contributed by atoms with Crippen molar-refractivity contribution >= 4 is 11.9 Å². The second-order valence-corrected chi connectivity index (χ2v) is 11.9. The molecule has 2 N–H and O–H groups in total. The van der Waals surface area contributed by atoms with Crippen LogP contribution in [0.3, 0.4) is 0 Å². The maximum atomic E-state index is 15.0. The van der Waals surface area contributed by atoms with Gasteiger partial charge < -0.3 is 24.6 Å². The summed E-state index contributed by atoms with van der Waals surface area (Å²) in [5, 5.41) is 28.9. The number of halogens is 7. The van der Waals surface area contributed by atoms with Gasteiger partial charge in [-0.2, -0.15) is 31.6 Å². The highest BCUT2D eigenvalue weighted by atomic mass is 19.4. The van der Waals surface area contributed by atoms with Gasteiger partial charge in [0.05, 0.1) is 54.5 Å². The first-order valence-corrected chi connectivity index (χ1v) is 15.1. The number of hydrogen-bond acceptors (Lipinski definition) is 8. The number of benzene rings is 3. The number of carbonyl (C=O) groups is 1. The number of ether oxygens (including phenoxy) is 2. The molecule has 9 nitrogen and oxygen atoms in total. The molecule has 0 saturated carbocycles. The first kappa shape index (κ1) is 38.4. The van der Waals surface area contributed by atoms with Gasteiger partial charge in [0.15, 0.2) is 5.75 Å². The summed E-state index contributed by atoms with van der Waals surface area (Å²) >= 11 is 0. The minimum Gasteiger partial charge on any atom is -0.496 e. The van der Waals surface area contributed by atoms with E-state index >= 15 is 4.39 Å². The third kappa shape index (κ3) is 9.85. The molecule has 0 aliphatic carbocycles. The highest BCUT2D eigenvalue weighted by Gasteiger charge is 2.33. The van der Waals surface area contributed by atoms with Crippen molar-refractivity contribution in [3.05, 3.63) is 100 Å². The zero-order valence-electron chi connectivity index (χ0n) is 27.4. The lowest BCUT2D eigenvalue weighted by Gasteiger charge is -2.26. The third-order valence-electron chi connectivity index (χ3n) is 7.56. The summed E-state index contributed by atoms with van der Waals surface area (Å²) in [7, 11) is 1.22. The molecule has 0 amide bonds. The van der Waals surface area contributed by atoms with Gasteiger partial charge in [-0.05, 0) is 73.4 Å². The highest BCUT2D eigenvalue weighted by Crippen LogP contribution is 2.41. The summed E-state index contributed by atoms with van der Waals surface area (Å²) in [6.45, 7) is 1.74. The van der Waals surface area contributed by atoms with Gasteiger partial charge in [0, 0.05) is 36.7 Å². The standard InChI is InChI=1S/C35H31F7N4O5/c1-33(2,49)28-13-27(30(50-3)14-29(28)36)26-7-6-23(34(37,38)39)12-22(26)19-46(18-21-9-20(15-43)10-24(11-21)35(40,41)42)32-44-16-25(17-45-32)51-8-4-5-31(47)48/h6-7,9-14,16-17,49H,4-5,8,18-19H2,1-3H3,(H,47,48). The van der Waals surface area contributed by atoms with E-state index in [2.05, 4.69) is 9.97 Å². The molecule has 270 valence electrons. The molecule has 0 spiro atoms. The molecule has 3 aromatic carbocycles. The fourth-order valence-corrected chi connectivity index (χ4v) is 5.16. The highest BCUT2D eigenvalue weighted by molar-refractivity contribution is 5.75. The molecule has 0 bridgehead atoms. The van der Waals surface area contributed by atoms with Crippen LogP contribution >= 0.6 is 0 Å². The smallest absolute Gasteiger partial charge is 0.416 e. The van der Waals surface area contributed by atoms with Crippen LogP contribution in [-0.4, -0.2) is 39.9 Å². The Labute approximate surface area is 287 Å². The zero-order chi connectivity index (χ0) is 37.7. The number of hydrogen-bond donors (Lipinski definition) is 2. The van der Waals surface area contributed by atoms with Gasteiger partial charge >= 0.3 is 18.3 Å². The Morgan fingerprint density at radius 3 is 2.16 bits per heavy atom. The van der Waals surface area contributed by atoms with Gasteiger partial charge in [0.2, 0.25) is 5.95 Å². The van der Waals surface area contributed by atoms with Crippen molar-refractivity contribution in [2.45, 2.75) is 57.7 Å². The number of anilines is 1. The monoisotopic (exact) mass is 720 g/mol. The predicted molar refractivity (Wildman–Crippen MR) is 169 cm³/mol. The molecule has 0 aliphatic rings. The van der Waals surface area contributed by atoms with Crippen LogP contribution in [-0.2, 0) is 35.8 Å². The second kappa shape index (κ2) is 15.2. The van der Waals surface area contributed by atoms with E-state index in [1.807, 2.05) is 0 Å². The van der Waals surface area contributed by atoms with Crippen LogP contribution in [0, 0.1) is 17.1 Å². The van der Waals surface area contributed by atoms with E-state index in [0.29, 0.717) is 6.07 Å². The van der Waals surface area contributed by atoms with Crippen LogP contribution in [0.5, 0.6) is 11.5 Å². The molecule has 0 fully saturated rings. The first-order valence-electron chi connectivity index (χ1n) is 15.1. The average Bonchev–Trinajstić information content (AvgIpc) is 3.05. The minimum atomic E-state index is -4.83. The molecular weight excluding hydrogens is 689 g/mol. The van der Waals surface area contributed by atoms with Crippen molar-refractivity contribution in [2.24, 2.45) is 0 Å². The maximum absolute atomic E-state index is 15.0. The lowest BCUT2D eigenvalue weighted by atomic mass is 9.90. The predicted octanol–water partition coefficient (Wildman–Crippen LogP) is 7.88. The molecule has 51 heavy (non-hydrogen) atoms. The molecular formula is C35H31F7N4O5. The van der Waals surface area contributed by atoms with E-state index in [1.165, 1.54) is 50.4 Å². The second-order valence-electron chi connectivity index (χ2n) is 11.9. The number of rotatable bonds is 13. The van der Waals surface area contributed by atoms with Crippen molar-refractivity contribution in [1.29, 1.82) is 5.26 Å². The third-order valence-corrected chi connectivity index (χ3v) is 7.56. The number of nitrogens with zero attached hydrogens (tertiary/aromatic N) is 4. The normalized spacial score (nSPS) is 12.0. The molecule has 0 saturated heterocycles. The first-order chi connectivity index (χ1) is 23.8. The number of carboxylic acids is 1. The molecule has 4 rings (SSSR count). The molecule has 1 heterocycles. The van der Waals surface area contributed by atoms with Crippen molar-refractivity contribution in [2.75, 3.05) is 18.6 Å². The van der Waals surface area contributed by atoms with Crippen LogP contribution in [0.4, 0.5) is 36.7 Å². The summed E-state index contributed by atoms with van der Waals surface area (Å²) < 4.78 is 109. The van der Waals surface area contributed by atoms with Crippen LogP contribution < -0.4 is 14.4 Å². The molecule has 16 heteroatoms. The molecule has 1 aromatic heterocycles. The Kier molecular flexibility index (Phi) is 11.4. The minimum absolute atomic E-state index is 0.000374. The molecule has 0 unspecified atom stereocenters. The van der Waals surface area contributed by atoms with Gasteiger partial charge in [-0.25, -0.2) is 14.4 Å². The van der Waals surface area contributed by atoms with Crippen LogP contribution in [0.25, 0.3) is 11.1 Å². The van der Waals surface area contributed by atoms with Gasteiger partial charge in [-0.15, -0.1) is 0 Å². The van der Waals surface area contributed by atoms with Crippen molar-refractivity contribution in [3.63, 3.8) is 0 Å². The van der Waals surface area contributed by atoms with Gasteiger partial charge in [0.1, 0.15) is 11.6 Å². The number of nitriles is 1. The Bertz CT molecular complexity index is 1920. The van der Waals surface area contributed by atoms with E-state index in [1.54, 1.807) is 6.07 Å². The average molecular weight is 721 g/mol. The maximum Gasteiger partial charge on any atom is 0.416 e. The molecule has 4 aromatic rings. The van der Waals surface area contributed by atoms with E-state index in [4.69, 9.17) is 14.6 Å². The summed E-state index contributed by atoms with van der Waals surface area (Å²) in [4.78, 5) is 20.5. The summed E-state index contributed by atoms with van der Waals surface area (Å²) in [5.74, 6) is -1.99. The number of alkyl halides is 6. The molecule has 0 aliphatic heterocycles. The fourth-order valence-electron chi connectivity index (χ4n) is 5.16. The SMILES string of the molecule is COc1cc(F)c(C(C)(C)O)cc1-c1ccc(C(F)(F)F)cc1CN(Cc1cc(C#N)cc(C(F)(F)F)c1)c1ncc(OCCCC(=O)O)cn1. The summed E-state index contributed by atoms with van der Waals surface area (Å²) in [6, 6.07) is 9.29. The van der Waals surface area contributed by atoms with Crippen molar-refractivity contribution < 1.29 is 55.2 Å². The Balaban J connectivity index is 1.88. The Morgan fingerprint density at radius 2 is 1.59 bits per heavy atom. The Morgan fingerprint density at radius 1 is 0.922 bits per heavy atom. The molecule has 0 radical (unpaired) electrons. The Hall–Kier alpha value is -5.43. The fraction of sp³-hybridized carbons (Fsp3) is 0.314. The number of carboxylic acid groups (broad SMARTS) is 1. The van der Waals surface area contributed by atoms with Crippen molar-refractivity contribution in [3.8, 4) is 28.7 Å². The largest absolute Gasteiger partial charge is 0.496 e. The lowest BCUT2D eigenvalue weighted by molar-refractivity contribution is -0.138. The number of aromatic nitrogens is 2. The van der Waals surface area contributed by atoms with Crippen molar-refractivity contribution in [1.82, 2.24) is 9.97 Å². The van der Waals surface area contributed by atoms with E-state index in [9.17, 15) is 41.5 Å². The number of aliphatic carboxylic acids is 1. The van der Waals surface area contributed by atoms with Crippen LogP contribution in [0.1, 0.15) is 60.1 Å². The topological polar surface area (TPSA) is 129 Å². The summed E-state index contributed by atoms with van der Waals surface area (Å²) in [5.41, 5.74) is -4.29. The van der Waals surface area contributed by atoms with Crippen LogP contribution in [0.15, 0.2) is 60.9 Å². The lowest BCUT2D eigenvalue weighted by Crippen LogP contribution is -2.25. The van der Waals surface area contributed by atoms with E-state index in [-0.39, 0.29) is 70.3 Å². The zero-order valence-corrected chi connectivity index (χ0v) is 27.4. The van der Waals surface area contributed by atoms with Gasteiger partial charge in [-0.1, -0.05) is 6.07 Å². The van der Waals surface area contributed by atoms with E-state index in [0.717, 1.165) is 30.3 Å². The quantitative estimate of drug-likeness (QED) is 0.105. The van der Waals surface area contributed by atoms with E-state index < -0.39 is 54.0 Å². The van der Waals surface area contributed by atoms with Gasteiger partial charge in [-0.3, -0.25) is 4.79 Å².